The van der Waals surface area contributed by atoms with Crippen molar-refractivity contribution in [2.75, 3.05) is 5.32 Å². The van der Waals surface area contributed by atoms with Crippen molar-refractivity contribution in [3.63, 3.8) is 0 Å². The summed E-state index contributed by atoms with van der Waals surface area (Å²) in [7, 11) is 0. The monoisotopic (exact) mass is 594 g/mol. The van der Waals surface area contributed by atoms with E-state index in [1.807, 2.05) is 6.07 Å². The van der Waals surface area contributed by atoms with Crippen LogP contribution < -0.4 is 10.1 Å². The molecule has 1 amide bonds. The number of benzene rings is 3. The summed E-state index contributed by atoms with van der Waals surface area (Å²) >= 11 is 19.1. The molecule has 0 bridgehead atoms. The normalized spacial score (nSPS) is 11.0. The van der Waals surface area contributed by atoms with Gasteiger partial charge in [-0.25, -0.2) is 0 Å². The van der Waals surface area contributed by atoms with Crippen molar-refractivity contribution in [1.29, 1.82) is 5.26 Å². The highest BCUT2D eigenvalue weighted by molar-refractivity contribution is 9.11. The number of carbonyl (C=O) groups is 1. The Hall–Kier alpha value is -2.50. The second kappa shape index (κ2) is 10.9. The molecule has 2 N–H and O–H groups in total. The molecule has 0 unspecified atom stereocenters. The van der Waals surface area contributed by atoms with Gasteiger partial charge in [-0.3, -0.25) is 4.79 Å². The minimum atomic E-state index is -0.596. The smallest absolute Gasteiger partial charge is 0.266 e. The Kier molecular flexibility index (Phi) is 8.21. The second-order valence-electron chi connectivity index (χ2n) is 6.50. The molecule has 0 heterocycles. The summed E-state index contributed by atoms with van der Waals surface area (Å²) in [5.74, 6) is -0.0917. The highest BCUT2D eigenvalue weighted by Gasteiger charge is 2.15. The zero-order valence-electron chi connectivity index (χ0n) is 16.2. The Bertz CT molecular complexity index is 1240. The molecular formula is C23H14Br2Cl2N2O3. The molecule has 0 aliphatic carbocycles. The van der Waals surface area contributed by atoms with Gasteiger partial charge in [-0.1, -0.05) is 45.2 Å². The first-order valence-corrected chi connectivity index (χ1v) is 11.4. The molecule has 162 valence electrons. The van der Waals surface area contributed by atoms with Crippen LogP contribution in [0.5, 0.6) is 11.5 Å². The van der Waals surface area contributed by atoms with E-state index < -0.39 is 5.91 Å². The molecule has 0 radical (unpaired) electrons. The number of phenols is 1. The third kappa shape index (κ3) is 6.27. The second-order valence-corrected chi connectivity index (χ2v) is 9.11. The lowest BCUT2D eigenvalue weighted by molar-refractivity contribution is -0.112. The van der Waals surface area contributed by atoms with Gasteiger partial charge in [-0.2, -0.15) is 5.26 Å². The van der Waals surface area contributed by atoms with E-state index in [2.05, 4.69) is 37.2 Å². The van der Waals surface area contributed by atoms with E-state index in [1.54, 1.807) is 30.3 Å². The highest BCUT2D eigenvalue weighted by atomic mass is 79.9. The number of amides is 1. The van der Waals surface area contributed by atoms with Crippen LogP contribution in [0.4, 0.5) is 5.69 Å². The number of hydrogen-bond donors (Lipinski definition) is 2. The Morgan fingerprint density at radius 2 is 1.84 bits per heavy atom. The van der Waals surface area contributed by atoms with Crippen LogP contribution in [0, 0.1) is 11.3 Å². The summed E-state index contributed by atoms with van der Waals surface area (Å²) in [5, 5.41) is 22.5. The number of nitriles is 1. The molecule has 0 aliphatic rings. The number of hydrogen-bond acceptors (Lipinski definition) is 4. The number of halogens is 4. The molecule has 0 aromatic heterocycles. The molecule has 0 saturated heterocycles. The summed E-state index contributed by atoms with van der Waals surface area (Å²) in [6.07, 6.45) is 1.43. The van der Waals surface area contributed by atoms with Crippen molar-refractivity contribution in [3.05, 3.63) is 90.3 Å². The average Bonchev–Trinajstić information content (AvgIpc) is 2.74. The van der Waals surface area contributed by atoms with Gasteiger partial charge >= 0.3 is 0 Å². The molecule has 0 saturated carbocycles. The lowest BCUT2D eigenvalue weighted by Crippen LogP contribution is -2.13. The molecule has 0 atom stereocenters. The minimum Gasteiger partial charge on any atom is -0.508 e. The molecule has 3 aromatic rings. The van der Waals surface area contributed by atoms with Gasteiger partial charge in [0.2, 0.25) is 0 Å². The maximum absolute atomic E-state index is 12.6. The van der Waals surface area contributed by atoms with Crippen LogP contribution in [-0.4, -0.2) is 11.0 Å². The van der Waals surface area contributed by atoms with E-state index in [0.717, 1.165) is 10.0 Å². The van der Waals surface area contributed by atoms with Crippen LogP contribution in [0.3, 0.4) is 0 Å². The summed E-state index contributed by atoms with van der Waals surface area (Å²) in [4.78, 5) is 12.6. The number of phenolic OH excluding ortho intramolecular Hbond substituents is 1. The van der Waals surface area contributed by atoms with Gasteiger partial charge in [-0.05, 0) is 70.5 Å². The molecule has 0 spiro atoms. The van der Waals surface area contributed by atoms with Crippen molar-refractivity contribution in [2.45, 2.75) is 6.61 Å². The van der Waals surface area contributed by atoms with Crippen LogP contribution in [-0.2, 0) is 11.4 Å². The Labute approximate surface area is 211 Å². The van der Waals surface area contributed by atoms with Crippen molar-refractivity contribution in [3.8, 4) is 17.6 Å². The first-order chi connectivity index (χ1) is 15.3. The SMILES string of the molecule is N#C/C(=C\c1cc(Br)cc(Br)c1OCc1ccc(Cl)cc1Cl)C(=O)Nc1ccc(O)cc1. The number of aromatic hydroxyl groups is 1. The predicted molar refractivity (Wildman–Crippen MR) is 133 cm³/mol. The Balaban J connectivity index is 1.89. The summed E-state index contributed by atoms with van der Waals surface area (Å²) < 4.78 is 7.33. The quantitative estimate of drug-likeness (QED) is 0.177. The minimum absolute atomic E-state index is 0.0700. The third-order valence-corrected chi connectivity index (χ3v) is 5.85. The summed E-state index contributed by atoms with van der Waals surface area (Å²) in [6.45, 7) is 0.151. The van der Waals surface area contributed by atoms with Gasteiger partial charge in [0.05, 0.1) is 4.47 Å². The topological polar surface area (TPSA) is 82.3 Å². The first kappa shape index (κ1) is 24.1. The molecule has 3 aromatic carbocycles. The van der Waals surface area contributed by atoms with Crippen LogP contribution in [0.25, 0.3) is 6.08 Å². The van der Waals surface area contributed by atoms with Crippen molar-refractivity contribution in [1.82, 2.24) is 0 Å². The standard InChI is InChI=1S/C23H14Br2Cl2N2O3/c24-16-8-14(7-15(11-28)23(31)29-18-3-5-19(30)6-4-18)22(20(25)9-16)32-12-13-1-2-17(26)10-21(13)27/h1-10,30H,12H2,(H,29,31)/b15-7+. The maximum atomic E-state index is 12.6. The van der Waals surface area contributed by atoms with Gasteiger partial charge in [-0.15, -0.1) is 0 Å². The maximum Gasteiger partial charge on any atom is 0.266 e. The van der Waals surface area contributed by atoms with E-state index in [0.29, 0.717) is 31.5 Å². The van der Waals surface area contributed by atoms with E-state index >= 15 is 0 Å². The Morgan fingerprint density at radius 1 is 1.12 bits per heavy atom. The van der Waals surface area contributed by atoms with Gasteiger partial charge in [0.1, 0.15) is 29.7 Å². The number of carbonyl (C=O) groups excluding carboxylic acids is 1. The molecule has 5 nitrogen and oxygen atoms in total. The van der Waals surface area contributed by atoms with Crippen LogP contribution in [0.15, 0.2) is 69.1 Å². The van der Waals surface area contributed by atoms with E-state index in [1.165, 1.54) is 30.3 Å². The van der Waals surface area contributed by atoms with Crippen molar-refractivity contribution in [2.24, 2.45) is 0 Å². The molecule has 0 aliphatic heterocycles. The fourth-order valence-electron chi connectivity index (χ4n) is 2.68. The van der Waals surface area contributed by atoms with Gasteiger partial charge in [0, 0.05) is 31.3 Å². The van der Waals surface area contributed by atoms with Crippen LogP contribution in [0.1, 0.15) is 11.1 Å². The zero-order valence-corrected chi connectivity index (χ0v) is 20.9. The number of rotatable bonds is 6. The zero-order chi connectivity index (χ0) is 23.3. The molecule has 3 rings (SSSR count). The lowest BCUT2D eigenvalue weighted by atomic mass is 10.1. The predicted octanol–water partition coefficient (Wildman–Crippen LogP) is 7.35. The molecular weight excluding hydrogens is 583 g/mol. The number of anilines is 1. The molecule has 32 heavy (non-hydrogen) atoms. The fraction of sp³-hybridized carbons (Fsp3) is 0.0435. The Morgan fingerprint density at radius 3 is 2.50 bits per heavy atom. The number of ether oxygens (including phenoxy) is 1. The third-order valence-electron chi connectivity index (χ3n) is 4.21. The largest absolute Gasteiger partial charge is 0.508 e. The summed E-state index contributed by atoms with van der Waals surface area (Å²) in [5.41, 5.74) is 1.55. The van der Waals surface area contributed by atoms with E-state index in [9.17, 15) is 15.2 Å². The first-order valence-electron chi connectivity index (χ1n) is 9.05. The van der Waals surface area contributed by atoms with Crippen molar-refractivity contribution >= 4 is 72.7 Å². The number of nitrogens with zero attached hydrogens (tertiary/aromatic N) is 1. The molecule has 0 fully saturated rings. The van der Waals surface area contributed by atoms with Gasteiger partial charge in [0.25, 0.3) is 5.91 Å². The number of nitrogens with one attached hydrogen (secondary N) is 1. The van der Waals surface area contributed by atoms with E-state index in [4.69, 9.17) is 27.9 Å². The van der Waals surface area contributed by atoms with Gasteiger partial charge in [0.15, 0.2) is 0 Å². The van der Waals surface area contributed by atoms with Crippen LogP contribution >= 0.6 is 55.1 Å². The van der Waals surface area contributed by atoms with E-state index in [-0.39, 0.29) is 17.9 Å². The van der Waals surface area contributed by atoms with Crippen LogP contribution in [0.2, 0.25) is 10.0 Å². The summed E-state index contributed by atoms with van der Waals surface area (Å²) in [6, 6.07) is 16.5. The fourth-order valence-corrected chi connectivity index (χ4v) is 4.51. The van der Waals surface area contributed by atoms with Gasteiger partial charge < -0.3 is 15.2 Å². The lowest BCUT2D eigenvalue weighted by Gasteiger charge is -2.14. The average molecular weight is 597 g/mol. The highest BCUT2D eigenvalue weighted by Crippen LogP contribution is 2.35. The van der Waals surface area contributed by atoms with Crippen molar-refractivity contribution < 1.29 is 14.6 Å². The molecule has 9 heteroatoms.